The van der Waals surface area contributed by atoms with Crippen molar-refractivity contribution >= 4 is 39.3 Å². The van der Waals surface area contributed by atoms with Gasteiger partial charge in [0.2, 0.25) is 0 Å². The van der Waals surface area contributed by atoms with E-state index in [1.54, 1.807) is 18.7 Å². The second-order valence-corrected chi connectivity index (χ2v) is 6.71. The molecule has 2 aromatic carbocycles. The average Bonchev–Trinajstić information content (AvgIpc) is 2.48. The van der Waals surface area contributed by atoms with E-state index in [4.69, 9.17) is 10.8 Å². The molecule has 0 aliphatic carbocycles. The van der Waals surface area contributed by atoms with E-state index >= 15 is 0 Å². The molecule has 0 spiro atoms. The molecule has 0 radical (unpaired) electrons. The minimum absolute atomic E-state index is 0.479. The smallest absolute Gasteiger partial charge is 0.310 e. The van der Waals surface area contributed by atoms with E-state index in [-0.39, 0.29) is 0 Å². The van der Waals surface area contributed by atoms with Crippen LogP contribution in [-0.4, -0.2) is 11.1 Å². The van der Waals surface area contributed by atoms with Crippen LogP contribution in [0.5, 0.6) is 0 Å². The van der Waals surface area contributed by atoms with E-state index in [0.29, 0.717) is 0 Å². The van der Waals surface area contributed by atoms with Crippen molar-refractivity contribution in [3.8, 4) is 0 Å². The van der Waals surface area contributed by atoms with Crippen LogP contribution in [0.4, 0.5) is 5.69 Å². The molecular formula is C16H16BrNO2S. The highest BCUT2D eigenvalue weighted by molar-refractivity contribution is 9.10. The van der Waals surface area contributed by atoms with Crippen molar-refractivity contribution in [2.45, 2.75) is 23.5 Å². The maximum atomic E-state index is 10.9. The van der Waals surface area contributed by atoms with E-state index in [2.05, 4.69) is 15.9 Å². The van der Waals surface area contributed by atoms with Gasteiger partial charge < -0.3 is 10.8 Å². The summed E-state index contributed by atoms with van der Waals surface area (Å²) in [6.07, 6.45) is 0. The Balaban J connectivity index is 2.04. The van der Waals surface area contributed by atoms with Crippen LogP contribution in [0.15, 0.2) is 51.8 Å². The molecule has 3 nitrogen and oxygen atoms in total. The molecule has 3 N–H and O–H groups in total. The van der Waals surface area contributed by atoms with Gasteiger partial charge in [0.15, 0.2) is 0 Å². The average molecular weight is 366 g/mol. The van der Waals surface area contributed by atoms with E-state index in [0.717, 1.165) is 31.9 Å². The first kappa shape index (κ1) is 15.9. The number of nitrogen functional groups attached to an aromatic ring is 1. The Morgan fingerprint density at radius 1 is 1.29 bits per heavy atom. The van der Waals surface area contributed by atoms with E-state index in [9.17, 15) is 4.79 Å². The number of carboxylic acid groups (broad SMARTS) is 1. The number of nitrogens with two attached hydrogens (primary N) is 1. The maximum Gasteiger partial charge on any atom is 0.310 e. The van der Waals surface area contributed by atoms with Crippen LogP contribution in [0.3, 0.4) is 0 Å². The maximum absolute atomic E-state index is 10.9. The molecule has 5 heteroatoms. The zero-order valence-corrected chi connectivity index (χ0v) is 13.9. The normalized spacial score (nSPS) is 12.1. The fourth-order valence-electron chi connectivity index (χ4n) is 1.84. The topological polar surface area (TPSA) is 63.3 Å². The lowest BCUT2D eigenvalue weighted by Gasteiger charge is -2.09. The SMILES string of the molecule is CC(C(=O)O)c1ccc(CSc2cc(Br)ccc2N)cc1. The number of carbonyl (C=O) groups is 1. The van der Waals surface area contributed by atoms with Gasteiger partial charge in [0.05, 0.1) is 5.92 Å². The molecule has 0 aromatic heterocycles. The van der Waals surface area contributed by atoms with Crippen LogP contribution in [0.25, 0.3) is 0 Å². The summed E-state index contributed by atoms with van der Waals surface area (Å²) in [6.45, 7) is 1.69. The number of hydrogen-bond acceptors (Lipinski definition) is 3. The minimum Gasteiger partial charge on any atom is -0.481 e. The van der Waals surface area contributed by atoms with Crippen LogP contribution in [0, 0.1) is 0 Å². The molecule has 21 heavy (non-hydrogen) atoms. The highest BCUT2D eigenvalue weighted by Gasteiger charge is 2.13. The van der Waals surface area contributed by atoms with Gasteiger partial charge in [-0.15, -0.1) is 11.8 Å². The zero-order chi connectivity index (χ0) is 15.4. The van der Waals surface area contributed by atoms with Crippen molar-refractivity contribution in [1.82, 2.24) is 0 Å². The number of anilines is 1. The van der Waals surface area contributed by atoms with Crippen molar-refractivity contribution < 1.29 is 9.90 Å². The number of thioether (sulfide) groups is 1. The van der Waals surface area contributed by atoms with Crippen molar-refractivity contribution in [2.24, 2.45) is 0 Å². The summed E-state index contributed by atoms with van der Waals surface area (Å²) in [7, 11) is 0. The van der Waals surface area contributed by atoms with Gasteiger partial charge in [-0.2, -0.15) is 0 Å². The van der Waals surface area contributed by atoms with Crippen LogP contribution < -0.4 is 5.73 Å². The Kier molecular flexibility index (Phi) is 5.31. The zero-order valence-electron chi connectivity index (χ0n) is 11.5. The van der Waals surface area contributed by atoms with Crippen molar-refractivity contribution in [1.29, 1.82) is 0 Å². The van der Waals surface area contributed by atoms with Gasteiger partial charge in [-0.3, -0.25) is 4.79 Å². The summed E-state index contributed by atoms with van der Waals surface area (Å²) in [5.74, 6) is -0.492. The van der Waals surface area contributed by atoms with Gasteiger partial charge >= 0.3 is 5.97 Å². The van der Waals surface area contributed by atoms with Gasteiger partial charge in [-0.1, -0.05) is 40.2 Å². The van der Waals surface area contributed by atoms with Gasteiger partial charge in [-0.25, -0.2) is 0 Å². The van der Waals surface area contributed by atoms with Crippen LogP contribution in [-0.2, 0) is 10.5 Å². The van der Waals surface area contributed by atoms with Crippen molar-refractivity contribution in [2.75, 3.05) is 5.73 Å². The molecule has 0 saturated carbocycles. The molecule has 2 aromatic rings. The molecule has 0 saturated heterocycles. The Morgan fingerprint density at radius 3 is 2.57 bits per heavy atom. The van der Waals surface area contributed by atoms with Crippen molar-refractivity contribution in [3.63, 3.8) is 0 Å². The summed E-state index contributed by atoms with van der Waals surface area (Å²) >= 11 is 5.10. The first-order valence-electron chi connectivity index (χ1n) is 6.47. The number of aliphatic carboxylic acids is 1. The summed E-state index contributed by atoms with van der Waals surface area (Å²) in [5.41, 5.74) is 8.66. The number of halogens is 1. The largest absolute Gasteiger partial charge is 0.481 e. The second-order valence-electron chi connectivity index (χ2n) is 4.77. The Morgan fingerprint density at radius 2 is 1.95 bits per heavy atom. The fraction of sp³-hybridized carbons (Fsp3) is 0.188. The molecular weight excluding hydrogens is 350 g/mol. The lowest BCUT2D eigenvalue weighted by Crippen LogP contribution is -2.07. The number of carboxylic acids is 1. The highest BCUT2D eigenvalue weighted by Crippen LogP contribution is 2.31. The quantitative estimate of drug-likeness (QED) is 0.604. The summed E-state index contributed by atoms with van der Waals surface area (Å²) in [5, 5.41) is 8.99. The van der Waals surface area contributed by atoms with E-state index < -0.39 is 11.9 Å². The van der Waals surface area contributed by atoms with Gasteiger partial charge in [0.25, 0.3) is 0 Å². The number of rotatable bonds is 5. The molecule has 0 bridgehead atoms. The molecule has 0 aliphatic rings. The monoisotopic (exact) mass is 365 g/mol. The Hall–Kier alpha value is -1.46. The fourth-order valence-corrected chi connectivity index (χ4v) is 3.31. The summed E-state index contributed by atoms with van der Waals surface area (Å²) in [4.78, 5) is 12.0. The third-order valence-electron chi connectivity index (χ3n) is 3.22. The molecule has 1 atom stereocenters. The van der Waals surface area contributed by atoms with Gasteiger partial charge in [-0.05, 0) is 36.2 Å². The molecule has 0 fully saturated rings. The lowest BCUT2D eigenvalue weighted by molar-refractivity contribution is -0.138. The van der Waals surface area contributed by atoms with Crippen LogP contribution in [0.2, 0.25) is 0 Å². The molecule has 0 amide bonds. The third-order valence-corrected chi connectivity index (χ3v) is 4.86. The second kappa shape index (κ2) is 7.00. The summed E-state index contributed by atoms with van der Waals surface area (Å²) in [6, 6.07) is 13.5. The Bertz CT molecular complexity index is 643. The molecule has 0 aliphatic heterocycles. The van der Waals surface area contributed by atoms with E-state index in [1.165, 1.54) is 0 Å². The predicted molar refractivity (Wildman–Crippen MR) is 90.6 cm³/mol. The standard InChI is InChI=1S/C16H16BrNO2S/c1-10(16(19)20)12-4-2-11(3-5-12)9-21-15-8-13(17)6-7-14(15)18/h2-8,10H,9,18H2,1H3,(H,19,20). The summed E-state index contributed by atoms with van der Waals surface area (Å²) < 4.78 is 1.00. The van der Waals surface area contributed by atoms with Crippen molar-refractivity contribution in [3.05, 3.63) is 58.1 Å². The van der Waals surface area contributed by atoms with Crippen LogP contribution >= 0.6 is 27.7 Å². The third kappa shape index (κ3) is 4.25. The molecule has 2 rings (SSSR count). The van der Waals surface area contributed by atoms with E-state index in [1.807, 2.05) is 42.5 Å². The minimum atomic E-state index is -0.806. The first-order valence-corrected chi connectivity index (χ1v) is 8.24. The van der Waals surface area contributed by atoms with Gasteiger partial charge in [0.1, 0.15) is 0 Å². The van der Waals surface area contributed by atoms with Gasteiger partial charge in [0, 0.05) is 20.8 Å². The molecule has 1 unspecified atom stereocenters. The first-order chi connectivity index (χ1) is 9.97. The number of benzene rings is 2. The lowest BCUT2D eigenvalue weighted by atomic mass is 10.0. The Labute approximate surface area is 136 Å². The van der Waals surface area contributed by atoms with Crippen LogP contribution in [0.1, 0.15) is 24.0 Å². The highest BCUT2D eigenvalue weighted by atomic mass is 79.9. The molecule has 110 valence electrons. The molecule has 0 heterocycles. The number of hydrogen-bond donors (Lipinski definition) is 2. The predicted octanol–water partition coefficient (Wildman–Crippen LogP) is 4.51.